The van der Waals surface area contributed by atoms with Crippen LogP contribution in [-0.4, -0.2) is 29.0 Å². The molecule has 5 rings (SSSR count). The molecular formula is C23H26N2S. The van der Waals surface area contributed by atoms with Crippen molar-refractivity contribution in [2.45, 2.75) is 45.1 Å². The Morgan fingerprint density at radius 2 is 1.92 bits per heavy atom. The molecule has 1 aliphatic heterocycles. The van der Waals surface area contributed by atoms with Gasteiger partial charge in [-0.15, -0.1) is 11.3 Å². The Hall–Kier alpha value is -1.71. The van der Waals surface area contributed by atoms with E-state index >= 15 is 0 Å². The summed E-state index contributed by atoms with van der Waals surface area (Å²) in [5, 5.41) is 1.14. The van der Waals surface area contributed by atoms with E-state index in [-0.39, 0.29) is 0 Å². The van der Waals surface area contributed by atoms with E-state index < -0.39 is 0 Å². The first-order valence-electron chi connectivity index (χ1n) is 9.89. The molecule has 2 aliphatic rings. The summed E-state index contributed by atoms with van der Waals surface area (Å²) in [7, 11) is 0. The summed E-state index contributed by atoms with van der Waals surface area (Å²) >= 11 is 1.77. The van der Waals surface area contributed by atoms with Gasteiger partial charge in [0.2, 0.25) is 0 Å². The number of benzene rings is 2. The minimum Gasteiger partial charge on any atom is -0.300 e. The SMILES string of the molecule is Cc1nc2cc(-c3ccc(C4CC4CN4CCCC4C)cc3)ccc2s1. The van der Waals surface area contributed by atoms with Crippen molar-refractivity contribution in [3.8, 4) is 11.1 Å². The molecule has 0 amide bonds. The average molecular weight is 363 g/mol. The van der Waals surface area contributed by atoms with Crippen LogP contribution in [0.1, 0.15) is 42.7 Å². The molecule has 2 fully saturated rings. The van der Waals surface area contributed by atoms with Crippen LogP contribution in [0.25, 0.3) is 21.3 Å². The lowest BCUT2D eigenvalue weighted by Gasteiger charge is -2.20. The quantitative estimate of drug-likeness (QED) is 0.578. The topological polar surface area (TPSA) is 16.1 Å². The van der Waals surface area contributed by atoms with Gasteiger partial charge in [0, 0.05) is 12.6 Å². The Balaban J connectivity index is 1.29. The molecule has 26 heavy (non-hydrogen) atoms. The highest BCUT2D eigenvalue weighted by Crippen LogP contribution is 2.48. The molecule has 0 radical (unpaired) electrons. The van der Waals surface area contributed by atoms with Crippen molar-refractivity contribution < 1.29 is 0 Å². The van der Waals surface area contributed by atoms with Gasteiger partial charge in [0.15, 0.2) is 0 Å². The number of fused-ring (bicyclic) bond motifs is 1. The van der Waals surface area contributed by atoms with Gasteiger partial charge >= 0.3 is 0 Å². The Morgan fingerprint density at radius 3 is 2.69 bits per heavy atom. The van der Waals surface area contributed by atoms with Crippen molar-refractivity contribution in [2.24, 2.45) is 5.92 Å². The summed E-state index contributed by atoms with van der Waals surface area (Å²) in [4.78, 5) is 7.33. The maximum absolute atomic E-state index is 4.63. The van der Waals surface area contributed by atoms with Crippen molar-refractivity contribution in [2.75, 3.05) is 13.1 Å². The third-order valence-corrected chi connectivity index (χ3v) is 7.20. The van der Waals surface area contributed by atoms with E-state index in [1.807, 2.05) is 0 Å². The Morgan fingerprint density at radius 1 is 1.12 bits per heavy atom. The van der Waals surface area contributed by atoms with Crippen LogP contribution in [0.2, 0.25) is 0 Å². The highest BCUT2D eigenvalue weighted by molar-refractivity contribution is 7.18. The minimum absolute atomic E-state index is 0.778. The van der Waals surface area contributed by atoms with Gasteiger partial charge < -0.3 is 4.90 Å². The fourth-order valence-electron chi connectivity index (χ4n) is 4.57. The lowest BCUT2D eigenvalue weighted by atomic mass is 10.0. The van der Waals surface area contributed by atoms with Crippen molar-refractivity contribution >= 4 is 21.6 Å². The van der Waals surface area contributed by atoms with Crippen LogP contribution in [0.4, 0.5) is 0 Å². The van der Waals surface area contributed by atoms with E-state index in [4.69, 9.17) is 0 Å². The maximum atomic E-state index is 4.63. The first kappa shape index (κ1) is 16.5. The van der Waals surface area contributed by atoms with Crippen LogP contribution in [0.15, 0.2) is 42.5 Å². The molecule has 3 unspecified atom stereocenters. The third-order valence-electron chi connectivity index (χ3n) is 6.25. The van der Waals surface area contributed by atoms with Crippen LogP contribution < -0.4 is 0 Å². The number of aryl methyl sites for hydroxylation is 1. The summed E-state index contributed by atoms with van der Waals surface area (Å²) in [6.07, 6.45) is 4.14. The molecule has 134 valence electrons. The second kappa shape index (κ2) is 6.47. The normalized spacial score (nSPS) is 25.8. The number of nitrogens with zero attached hydrogens (tertiary/aromatic N) is 2. The summed E-state index contributed by atoms with van der Waals surface area (Å²) in [5.74, 6) is 1.65. The second-order valence-electron chi connectivity index (χ2n) is 8.13. The predicted molar refractivity (Wildman–Crippen MR) is 111 cm³/mol. The van der Waals surface area contributed by atoms with Crippen molar-refractivity contribution in [1.82, 2.24) is 9.88 Å². The van der Waals surface area contributed by atoms with E-state index in [2.05, 4.69) is 66.2 Å². The number of thiazole rings is 1. The van der Waals surface area contributed by atoms with Crippen LogP contribution in [0.3, 0.4) is 0 Å². The molecule has 2 aromatic carbocycles. The number of rotatable bonds is 4. The first-order valence-corrected chi connectivity index (χ1v) is 10.7. The number of likely N-dealkylation sites (tertiary alicyclic amines) is 1. The van der Waals surface area contributed by atoms with Gasteiger partial charge in [-0.3, -0.25) is 0 Å². The molecule has 2 heterocycles. The molecule has 1 aromatic heterocycles. The van der Waals surface area contributed by atoms with E-state index in [9.17, 15) is 0 Å². The van der Waals surface area contributed by atoms with Gasteiger partial charge in [0.05, 0.1) is 15.2 Å². The van der Waals surface area contributed by atoms with Crippen LogP contribution in [-0.2, 0) is 0 Å². The van der Waals surface area contributed by atoms with Gasteiger partial charge in [-0.05, 0) is 80.3 Å². The summed E-state index contributed by atoms with van der Waals surface area (Å²) in [5.41, 5.74) is 5.21. The van der Waals surface area contributed by atoms with Crippen molar-refractivity contribution in [3.63, 3.8) is 0 Å². The lowest BCUT2D eigenvalue weighted by Crippen LogP contribution is -2.29. The van der Waals surface area contributed by atoms with Gasteiger partial charge in [0.25, 0.3) is 0 Å². The maximum Gasteiger partial charge on any atom is 0.0907 e. The molecule has 0 bridgehead atoms. The smallest absolute Gasteiger partial charge is 0.0907 e. The van der Waals surface area contributed by atoms with E-state index in [1.54, 1.807) is 11.3 Å². The van der Waals surface area contributed by atoms with Crippen LogP contribution >= 0.6 is 11.3 Å². The molecule has 0 N–H and O–H groups in total. The van der Waals surface area contributed by atoms with Crippen LogP contribution in [0, 0.1) is 12.8 Å². The highest BCUT2D eigenvalue weighted by Gasteiger charge is 2.40. The monoisotopic (exact) mass is 362 g/mol. The number of hydrogen-bond acceptors (Lipinski definition) is 3. The summed E-state index contributed by atoms with van der Waals surface area (Å²) in [6.45, 7) is 7.07. The van der Waals surface area contributed by atoms with Gasteiger partial charge in [-0.25, -0.2) is 4.98 Å². The average Bonchev–Trinajstić information content (AvgIpc) is 3.13. The van der Waals surface area contributed by atoms with E-state index in [0.717, 1.165) is 28.4 Å². The molecular weight excluding hydrogens is 336 g/mol. The molecule has 3 aromatic rings. The van der Waals surface area contributed by atoms with Gasteiger partial charge in [-0.1, -0.05) is 30.3 Å². The number of aromatic nitrogens is 1. The van der Waals surface area contributed by atoms with Gasteiger partial charge in [0.1, 0.15) is 0 Å². The summed E-state index contributed by atoms with van der Waals surface area (Å²) < 4.78 is 1.28. The first-order chi connectivity index (χ1) is 12.7. The zero-order chi connectivity index (χ0) is 17.7. The molecule has 3 heteroatoms. The zero-order valence-electron chi connectivity index (χ0n) is 15.6. The largest absolute Gasteiger partial charge is 0.300 e. The lowest BCUT2D eigenvalue weighted by molar-refractivity contribution is 0.256. The van der Waals surface area contributed by atoms with Crippen molar-refractivity contribution in [3.05, 3.63) is 53.0 Å². The zero-order valence-corrected chi connectivity index (χ0v) is 16.4. The van der Waals surface area contributed by atoms with Crippen LogP contribution in [0.5, 0.6) is 0 Å². The van der Waals surface area contributed by atoms with Crippen molar-refractivity contribution in [1.29, 1.82) is 0 Å². The molecule has 1 aliphatic carbocycles. The molecule has 1 saturated carbocycles. The Kier molecular flexibility index (Phi) is 4.10. The third kappa shape index (κ3) is 3.08. The minimum atomic E-state index is 0.778. The second-order valence-corrected chi connectivity index (χ2v) is 9.36. The number of hydrogen-bond donors (Lipinski definition) is 0. The van der Waals surface area contributed by atoms with E-state index in [1.165, 1.54) is 53.7 Å². The molecule has 2 nitrogen and oxygen atoms in total. The van der Waals surface area contributed by atoms with E-state index in [0.29, 0.717) is 0 Å². The predicted octanol–water partition coefficient (Wildman–Crippen LogP) is 5.86. The molecule has 1 saturated heterocycles. The van der Waals surface area contributed by atoms with Gasteiger partial charge in [-0.2, -0.15) is 0 Å². The fraction of sp³-hybridized carbons (Fsp3) is 0.435. The molecule has 3 atom stereocenters. The Bertz CT molecular complexity index is 927. The Labute approximate surface area is 159 Å². The molecule has 0 spiro atoms. The highest BCUT2D eigenvalue weighted by atomic mass is 32.1. The standard InChI is InChI=1S/C23H26N2S/c1-15-4-3-11-25(15)14-20-12-21(20)18-7-5-17(6-8-18)19-9-10-23-22(13-19)24-16(2)26-23/h5-10,13,15,20-21H,3-4,11-12,14H2,1-2H3. The fourth-order valence-corrected chi connectivity index (χ4v) is 5.38. The summed E-state index contributed by atoms with van der Waals surface area (Å²) in [6, 6.07) is 16.7.